The van der Waals surface area contributed by atoms with Crippen molar-refractivity contribution in [2.45, 2.75) is 26.3 Å². The lowest BCUT2D eigenvalue weighted by Crippen LogP contribution is -2.23. The third-order valence-corrected chi connectivity index (χ3v) is 2.69. The Bertz CT molecular complexity index is 565. The Balaban J connectivity index is 1.77. The summed E-state index contributed by atoms with van der Waals surface area (Å²) in [7, 11) is 0. The van der Waals surface area contributed by atoms with E-state index in [0.717, 1.165) is 5.56 Å². The molecule has 1 heterocycles. The molecule has 0 bridgehead atoms. The van der Waals surface area contributed by atoms with E-state index in [1.54, 1.807) is 6.92 Å². The largest absolute Gasteiger partial charge is 0.399 e. The molecular formula is C13H16N4O2. The van der Waals surface area contributed by atoms with Gasteiger partial charge in [0.25, 0.3) is 0 Å². The Morgan fingerprint density at radius 1 is 1.42 bits per heavy atom. The van der Waals surface area contributed by atoms with Crippen molar-refractivity contribution in [2.24, 2.45) is 0 Å². The molecule has 3 N–H and O–H groups in total. The smallest absolute Gasteiger partial charge is 0.223 e. The van der Waals surface area contributed by atoms with Crippen molar-refractivity contribution in [3.05, 3.63) is 41.5 Å². The van der Waals surface area contributed by atoms with Gasteiger partial charge < -0.3 is 15.6 Å². The number of hydrogen-bond acceptors (Lipinski definition) is 5. The van der Waals surface area contributed by atoms with Crippen LogP contribution in [0.4, 0.5) is 5.69 Å². The number of rotatable bonds is 5. The lowest BCUT2D eigenvalue weighted by molar-refractivity contribution is -0.121. The molecule has 1 aromatic heterocycles. The average Bonchev–Trinajstić information content (AvgIpc) is 2.81. The van der Waals surface area contributed by atoms with E-state index >= 15 is 0 Å². The quantitative estimate of drug-likeness (QED) is 0.788. The van der Waals surface area contributed by atoms with Gasteiger partial charge in [0, 0.05) is 19.0 Å². The van der Waals surface area contributed by atoms with Crippen molar-refractivity contribution >= 4 is 11.6 Å². The number of amides is 1. The van der Waals surface area contributed by atoms with Crippen molar-refractivity contribution in [3.63, 3.8) is 0 Å². The van der Waals surface area contributed by atoms with Crippen LogP contribution in [0.1, 0.15) is 23.7 Å². The second-order valence-electron chi connectivity index (χ2n) is 4.21. The first-order valence-corrected chi connectivity index (χ1v) is 6.04. The van der Waals surface area contributed by atoms with Crippen LogP contribution in [-0.2, 0) is 17.8 Å². The molecule has 19 heavy (non-hydrogen) atoms. The van der Waals surface area contributed by atoms with Gasteiger partial charge in [-0.2, -0.15) is 4.98 Å². The molecule has 0 atom stereocenters. The van der Waals surface area contributed by atoms with Gasteiger partial charge in [-0.05, 0) is 18.1 Å². The Kier molecular flexibility index (Phi) is 4.12. The molecular weight excluding hydrogens is 244 g/mol. The summed E-state index contributed by atoms with van der Waals surface area (Å²) >= 11 is 0. The lowest BCUT2D eigenvalue weighted by Gasteiger charge is -2.05. The first kappa shape index (κ1) is 13.1. The van der Waals surface area contributed by atoms with Gasteiger partial charge in [-0.3, -0.25) is 4.79 Å². The number of benzene rings is 1. The van der Waals surface area contributed by atoms with Gasteiger partial charge in [0.05, 0.1) is 6.54 Å². The Labute approximate surface area is 111 Å². The Hall–Kier alpha value is -2.37. The van der Waals surface area contributed by atoms with Gasteiger partial charge in [0.2, 0.25) is 11.8 Å². The summed E-state index contributed by atoms with van der Waals surface area (Å²) in [6, 6.07) is 7.53. The summed E-state index contributed by atoms with van der Waals surface area (Å²) < 4.78 is 4.81. The molecule has 0 aliphatic heterocycles. The predicted octanol–water partition coefficient (Wildman–Crippen LogP) is 1.21. The summed E-state index contributed by atoms with van der Waals surface area (Å²) in [4.78, 5) is 15.7. The molecule has 0 radical (unpaired) electrons. The summed E-state index contributed by atoms with van der Waals surface area (Å²) in [6.07, 6.45) is 0.995. The van der Waals surface area contributed by atoms with Gasteiger partial charge in [-0.25, -0.2) is 0 Å². The molecule has 6 heteroatoms. The maximum absolute atomic E-state index is 11.7. The SMILES string of the molecule is Cc1nc(CNC(=O)CCc2ccccc2N)no1. The fraction of sp³-hybridized carbons (Fsp3) is 0.308. The number of para-hydroxylation sites is 1. The van der Waals surface area contributed by atoms with Gasteiger partial charge in [-0.15, -0.1) is 0 Å². The number of carbonyl (C=O) groups is 1. The topological polar surface area (TPSA) is 94.0 Å². The van der Waals surface area contributed by atoms with Gasteiger partial charge >= 0.3 is 0 Å². The van der Waals surface area contributed by atoms with E-state index in [0.29, 0.717) is 30.2 Å². The lowest BCUT2D eigenvalue weighted by atomic mass is 10.1. The van der Waals surface area contributed by atoms with E-state index in [1.165, 1.54) is 0 Å². The van der Waals surface area contributed by atoms with Crippen LogP contribution >= 0.6 is 0 Å². The predicted molar refractivity (Wildman–Crippen MR) is 70.1 cm³/mol. The van der Waals surface area contributed by atoms with E-state index in [1.807, 2.05) is 24.3 Å². The molecule has 1 amide bonds. The van der Waals surface area contributed by atoms with E-state index in [2.05, 4.69) is 15.5 Å². The average molecular weight is 260 g/mol. The monoisotopic (exact) mass is 260 g/mol. The minimum absolute atomic E-state index is 0.0642. The molecule has 6 nitrogen and oxygen atoms in total. The summed E-state index contributed by atoms with van der Waals surface area (Å²) in [5.74, 6) is 0.900. The highest BCUT2D eigenvalue weighted by molar-refractivity contribution is 5.76. The molecule has 100 valence electrons. The van der Waals surface area contributed by atoms with E-state index in [4.69, 9.17) is 10.3 Å². The molecule has 2 rings (SSSR count). The number of hydrogen-bond donors (Lipinski definition) is 2. The maximum atomic E-state index is 11.7. The fourth-order valence-electron chi connectivity index (χ4n) is 1.69. The number of nitrogen functional groups attached to an aromatic ring is 1. The molecule has 0 spiro atoms. The molecule has 1 aromatic carbocycles. The van der Waals surface area contributed by atoms with Crippen molar-refractivity contribution in [1.29, 1.82) is 0 Å². The van der Waals surface area contributed by atoms with Crippen LogP contribution < -0.4 is 11.1 Å². The highest BCUT2D eigenvalue weighted by Gasteiger charge is 2.06. The van der Waals surface area contributed by atoms with Gasteiger partial charge in [0.15, 0.2) is 5.82 Å². The highest BCUT2D eigenvalue weighted by atomic mass is 16.5. The van der Waals surface area contributed by atoms with Gasteiger partial charge in [-0.1, -0.05) is 23.4 Å². The van der Waals surface area contributed by atoms with Crippen LogP contribution in [0.25, 0.3) is 0 Å². The van der Waals surface area contributed by atoms with E-state index in [9.17, 15) is 4.79 Å². The van der Waals surface area contributed by atoms with Crippen LogP contribution in [0.5, 0.6) is 0 Å². The third kappa shape index (κ3) is 3.80. The number of aryl methyl sites for hydroxylation is 2. The summed E-state index contributed by atoms with van der Waals surface area (Å²) in [5, 5.41) is 6.44. The molecule has 0 saturated heterocycles. The normalized spacial score (nSPS) is 10.4. The van der Waals surface area contributed by atoms with E-state index in [-0.39, 0.29) is 12.5 Å². The zero-order valence-electron chi connectivity index (χ0n) is 10.7. The minimum Gasteiger partial charge on any atom is -0.399 e. The minimum atomic E-state index is -0.0642. The first-order chi connectivity index (χ1) is 9.15. The van der Waals surface area contributed by atoms with Crippen LogP contribution in [0.2, 0.25) is 0 Å². The zero-order chi connectivity index (χ0) is 13.7. The number of anilines is 1. The van der Waals surface area contributed by atoms with Crippen molar-refractivity contribution < 1.29 is 9.32 Å². The number of nitrogens with two attached hydrogens (primary N) is 1. The van der Waals surface area contributed by atoms with E-state index < -0.39 is 0 Å². The van der Waals surface area contributed by atoms with Crippen molar-refractivity contribution in [3.8, 4) is 0 Å². The maximum Gasteiger partial charge on any atom is 0.223 e. The second kappa shape index (κ2) is 5.99. The molecule has 0 unspecified atom stereocenters. The van der Waals surface area contributed by atoms with Crippen molar-refractivity contribution in [2.75, 3.05) is 5.73 Å². The number of nitrogens with one attached hydrogen (secondary N) is 1. The number of carbonyl (C=O) groups excluding carboxylic acids is 1. The zero-order valence-corrected chi connectivity index (χ0v) is 10.7. The highest BCUT2D eigenvalue weighted by Crippen LogP contribution is 2.12. The van der Waals surface area contributed by atoms with Crippen LogP contribution in [0.3, 0.4) is 0 Å². The number of nitrogens with zero attached hydrogens (tertiary/aromatic N) is 2. The standard InChI is InChI=1S/C13H16N4O2/c1-9-16-12(17-19-9)8-15-13(18)7-6-10-4-2-3-5-11(10)14/h2-5H,6-8,14H2,1H3,(H,15,18). The second-order valence-corrected chi connectivity index (χ2v) is 4.21. The van der Waals surface area contributed by atoms with Gasteiger partial charge in [0.1, 0.15) is 0 Å². The van der Waals surface area contributed by atoms with Crippen LogP contribution in [0.15, 0.2) is 28.8 Å². The first-order valence-electron chi connectivity index (χ1n) is 6.04. The molecule has 2 aromatic rings. The molecule has 0 saturated carbocycles. The summed E-state index contributed by atoms with van der Waals surface area (Å²) in [5.41, 5.74) is 7.50. The molecule has 0 fully saturated rings. The van der Waals surface area contributed by atoms with Crippen molar-refractivity contribution in [1.82, 2.24) is 15.5 Å². The molecule has 0 aliphatic carbocycles. The van der Waals surface area contributed by atoms with Crippen LogP contribution in [-0.4, -0.2) is 16.0 Å². The Morgan fingerprint density at radius 2 is 2.21 bits per heavy atom. The summed E-state index contributed by atoms with van der Waals surface area (Å²) in [6.45, 7) is 1.98. The fourth-order valence-corrected chi connectivity index (χ4v) is 1.69. The third-order valence-electron chi connectivity index (χ3n) is 2.69. The molecule has 0 aliphatic rings. The number of aromatic nitrogens is 2. The Morgan fingerprint density at radius 3 is 2.89 bits per heavy atom. The van der Waals surface area contributed by atoms with Crippen LogP contribution in [0, 0.1) is 6.92 Å².